The van der Waals surface area contributed by atoms with Crippen molar-refractivity contribution in [3.63, 3.8) is 0 Å². The number of nitrogens with zero attached hydrogens (tertiary/aromatic N) is 1. The zero-order chi connectivity index (χ0) is 30.6. The molecule has 228 valence electrons. The third-order valence-corrected chi connectivity index (χ3v) is 9.52. The SMILES string of the molecule is CCCC.CCCCC1(C)C[C@H](c2ccc(OCC(=O)NCCC(=O)O)cc2)c2cc(N(C)C)ccc2S(=O)(=O)C1. The largest absolute Gasteiger partial charge is 0.484 e. The van der Waals surface area contributed by atoms with Gasteiger partial charge in [0.05, 0.1) is 17.1 Å². The van der Waals surface area contributed by atoms with Gasteiger partial charge in [-0.1, -0.05) is 65.5 Å². The first-order valence-electron chi connectivity index (χ1n) is 14.6. The molecule has 0 fully saturated rings. The second kappa shape index (κ2) is 15.8. The predicted octanol–water partition coefficient (Wildman–Crippen LogP) is 6.03. The molecule has 3 rings (SSSR count). The molecule has 9 heteroatoms. The van der Waals surface area contributed by atoms with Gasteiger partial charge in [-0.2, -0.15) is 0 Å². The van der Waals surface area contributed by atoms with Crippen molar-refractivity contribution in [1.82, 2.24) is 5.32 Å². The molecule has 1 aliphatic heterocycles. The Kier molecular flexibility index (Phi) is 13.2. The highest BCUT2D eigenvalue weighted by atomic mass is 32.2. The Labute approximate surface area is 246 Å². The summed E-state index contributed by atoms with van der Waals surface area (Å²) in [5.74, 6) is -0.843. The monoisotopic (exact) mass is 588 g/mol. The van der Waals surface area contributed by atoms with Gasteiger partial charge in [0.1, 0.15) is 5.75 Å². The van der Waals surface area contributed by atoms with Gasteiger partial charge in [0.25, 0.3) is 5.91 Å². The van der Waals surface area contributed by atoms with Crippen LogP contribution in [-0.2, 0) is 19.4 Å². The van der Waals surface area contributed by atoms with Crippen molar-refractivity contribution in [3.8, 4) is 5.75 Å². The van der Waals surface area contributed by atoms with Gasteiger partial charge in [-0.05, 0) is 59.7 Å². The molecule has 8 nitrogen and oxygen atoms in total. The van der Waals surface area contributed by atoms with Crippen molar-refractivity contribution < 1.29 is 27.9 Å². The molecule has 1 aliphatic rings. The van der Waals surface area contributed by atoms with E-state index in [1.807, 2.05) is 43.3 Å². The van der Waals surface area contributed by atoms with E-state index in [2.05, 4.69) is 33.0 Å². The number of hydrogen-bond acceptors (Lipinski definition) is 6. The Morgan fingerprint density at radius 1 is 1.05 bits per heavy atom. The van der Waals surface area contributed by atoms with E-state index in [1.165, 1.54) is 12.8 Å². The number of unbranched alkanes of at least 4 members (excludes halogenated alkanes) is 2. The average molecular weight is 589 g/mol. The number of carboxylic acids is 1. The second-order valence-corrected chi connectivity index (χ2v) is 13.4. The number of hydrogen-bond donors (Lipinski definition) is 2. The lowest BCUT2D eigenvalue weighted by Gasteiger charge is -2.31. The fraction of sp³-hybridized carbons (Fsp3) is 0.562. The number of carbonyl (C=O) groups is 2. The number of nitrogens with one attached hydrogen (secondary N) is 1. The smallest absolute Gasteiger partial charge is 0.305 e. The van der Waals surface area contributed by atoms with Gasteiger partial charge in [-0.25, -0.2) is 8.42 Å². The van der Waals surface area contributed by atoms with Gasteiger partial charge in [0, 0.05) is 32.2 Å². The summed E-state index contributed by atoms with van der Waals surface area (Å²) in [6.07, 6.45) is 6.02. The lowest BCUT2D eigenvalue weighted by Crippen LogP contribution is -2.30. The molecule has 41 heavy (non-hydrogen) atoms. The molecule has 0 radical (unpaired) electrons. The molecule has 0 aromatic heterocycles. The van der Waals surface area contributed by atoms with Gasteiger partial charge >= 0.3 is 5.97 Å². The zero-order valence-electron chi connectivity index (χ0n) is 25.5. The summed E-state index contributed by atoms with van der Waals surface area (Å²) < 4.78 is 32.7. The number of benzene rings is 2. The fourth-order valence-electron chi connectivity index (χ4n) is 4.95. The van der Waals surface area contributed by atoms with Crippen LogP contribution in [0.4, 0.5) is 5.69 Å². The maximum absolute atomic E-state index is 13.5. The third kappa shape index (κ3) is 10.4. The van der Waals surface area contributed by atoms with Crippen molar-refractivity contribution in [1.29, 1.82) is 0 Å². The van der Waals surface area contributed by atoms with Gasteiger partial charge in [-0.3, -0.25) is 9.59 Å². The number of ether oxygens (including phenoxy) is 1. The van der Waals surface area contributed by atoms with E-state index in [1.54, 1.807) is 18.2 Å². The quantitative estimate of drug-likeness (QED) is 0.311. The standard InChI is InChI=1S/C28H38N2O6S.C4H10/c1-5-6-14-28(2)17-24(23-16-21(30(3)4)9-12-25(23)37(34,35)19-28)20-7-10-22(11-8-20)36-18-26(31)29-15-13-27(32)33;1-3-4-2/h7-12,16,24H,5-6,13-15,17-19H2,1-4H3,(H,29,31)(H,32,33);3-4H2,1-2H3/t24-,28?;/m1./s1. The molecular formula is C32H48N2O6S. The number of fused-ring (bicyclic) bond motifs is 1. The van der Waals surface area contributed by atoms with E-state index in [0.29, 0.717) is 17.1 Å². The highest BCUT2D eigenvalue weighted by molar-refractivity contribution is 7.91. The first-order valence-corrected chi connectivity index (χ1v) is 16.3. The zero-order valence-corrected chi connectivity index (χ0v) is 26.4. The molecule has 1 unspecified atom stereocenters. The van der Waals surface area contributed by atoms with E-state index < -0.39 is 21.7 Å². The lowest BCUT2D eigenvalue weighted by atomic mass is 9.74. The number of aliphatic carboxylic acids is 1. The van der Waals surface area contributed by atoms with Crippen LogP contribution >= 0.6 is 0 Å². The van der Waals surface area contributed by atoms with Crippen molar-refractivity contribution >= 4 is 27.4 Å². The minimum atomic E-state index is -3.46. The maximum atomic E-state index is 13.5. The topological polar surface area (TPSA) is 113 Å². The van der Waals surface area contributed by atoms with Crippen LogP contribution in [-0.4, -0.2) is 58.4 Å². The number of rotatable bonds is 12. The second-order valence-electron chi connectivity index (χ2n) is 11.4. The molecule has 0 spiro atoms. The number of carbonyl (C=O) groups excluding carboxylic acids is 1. The van der Waals surface area contributed by atoms with Gasteiger partial charge in [0.2, 0.25) is 0 Å². The van der Waals surface area contributed by atoms with Crippen LogP contribution in [0.1, 0.15) is 89.7 Å². The first-order chi connectivity index (χ1) is 19.4. The van der Waals surface area contributed by atoms with Gasteiger partial charge < -0.3 is 20.1 Å². The van der Waals surface area contributed by atoms with Crippen molar-refractivity contribution in [2.24, 2.45) is 5.41 Å². The van der Waals surface area contributed by atoms with Gasteiger partial charge in [-0.15, -0.1) is 0 Å². The minimum Gasteiger partial charge on any atom is -0.484 e. The van der Waals surface area contributed by atoms with Gasteiger partial charge in [0.15, 0.2) is 16.4 Å². The van der Waals surface area contributed by atoms with E-state index in [9.17, 15) is 18.0 Å². The molecule has 1 amide bonds. The average Bonchev–Trinajstić information content (AvgIpc) is 3.02. The van der Waals surface area contributed by atoms with Crippen LogP contribution in [0.2, 0.25) is 0 Å². The van der Waals surface area contributed by atoms with E-state index in [4.69, 9.17) is 9.84 Å². The molecule has 0 saturated carbocycles. The highest BCUT2D eigenvalue weighted by Gasteiger charge is 2.40. The molecule has 2 N–H and O–H groups in total. The molecule has 0 saturated heterocycles. The lowest BCUT2D eigenvalue weighted by molar-refractivity contribution is -0.137. The fourth-order valence-corrected chi connectivity index (χ4v) is 7.12. The summed E-state index contributed by atoms with van der Waals surface area (Å²) in [4.78, 5) is 24.9. The van der Waals surface area contributed by atoms with Crippen LogP contribution in [0, 0.1) is 5.41 Å². The Bertz CT molecular complexity index is 1240. The molecule has 1 heterocycles. The Morgan fingerprint density at radius 2 is 1.71 bits per heavy atom. The third-order valence-electron chi connectivity index (χ3n) is 7.40. The van der Waals surface area contributed by atoms with E-state index in [0.717, 1.165) is 36.1 Å². The molecular weight excluding hydrogens is 540 g/mol. The predicted molar refractivity (Wildman–Crippen MR) is 165 cm³/mol. The van der Waals surface area contributed by atoms with Crippen LogP contribution in [0.5, 0.6) is 5.75 Å². The summed E-state index contributed by atoms with van der Waals surface area (Å²) in [5.41, 5.74) is 2.40. The molecule has 2 aromatic rings. The molecule has 0 aliphatic carbocycles. The van der Waals surface area contributed by atoms with E-state index in [-0.39, 0.29) is 36.7 Å². The van der Waals surface area contributed by atoms with Crippen molar-refractivity contribution in [3.05, 3.63) is 53.6 Å². The molecule has 2 aromatic carbocycles. The Hall–Kier alpha value is -3.07. The summed E-state index contributed by atoms with van der Waals surface area (Å²) in [6.45, 7) is 8.40. The van der Waals surface area contributed by atoms with Crippen LogP contribution in [0.25, 0.3) is 0 Å². The first kappa shape index (κ1) is 34.1. The van der Waals surface area contributed by atoms with E-state index >= 15 is 0 Å². The van der Waals surface area contributed by atoms with Crippen LogP contribution < -0.4 is 15.0 Å². The summed E-state index contributed by atoms with van der Waals surface area (Å²) in [7, 11) is 0.420. The Morgan fingerprint density at radius 3 is 2.27 bits per heavy atom. The summed E-state index contributed by atoms with van der Waals surface area (Å²) in [5, 5.41) is 11.2. The summed E-state index contributed by atoms with van der Waals surface area (Å²) in [6, 6.07) is 13.1. The number of carboxylic acid groups (broad SMARTS) is 1. The number of anilines is 1. The Balaban J connectivity index is 0.00000138. The summed E-state index contributed by atoms with van der Waals surface area (Å²) >= 11 is 0. The molecule has 2 atom stereocenters. The van der Waals surface area contributed by atoms with Crippen LogP contribution in [0.3, 0.4) is 0 Å². The highest BCUT2D eigenvalue weighted by Crippen LogP contribution is 2.47. The normalized spacial score (nSPS) is 19.1. The van der Waals surface area contributed by atoms with Crippen molar-refractivity contribution in [2.75, 3.05) is 37.9 Å². The van der Waals surface area contributed by atoms with Crippen molar-refractivity contribution in [2.45, 2.75) is 83.5 Å². The molecule has 0 bridgehead atoms. The maximum Gasteiger partial charge on any atom is 0.305 e. The number of amides is 1. The number of sulfone groups is 1. The van der Waals surface area contributed by atoms with Crippen LogP contribution in [0.15, 0.2) is 47.4 Å². The minimum absolute atomic E-state index is 0.0478.